The summed E-state index contributed by atoms with van der Waals surface area (Å²) in [5, 5.41) is 3.76. The molecule has 0 saturated heterocycles. The standard InChI is InChI=1S/C16H14ClN5S/c17-13-7-4-8-18-14(13)10-22-11-20-15(21-16(22)23)19-9-12-5-2-1-3-6-12/h1-8,11H,9-10H2,(H,19,21,23). The van der Waals surface area contributed by atoms with E-state index >= 15 is 0 Å². The van der Waals surface area contributed by atoms with Gasteiger partial charge in [-0.3, -0.25) is 4.98 Å². The molecule has 0 saturated carbocycles. The third-order valence-electron chi connectivity index (χ3n) is 3.21. The highest BCUT2D eigenvalue weighted by Gasteiger charge is 2.04. The molecular weight excluding hydrogens is 330 g/mol. The summed E-state index contributed by atoms with van der Waals surface area (Å²) in [6.45, 7) is 1.09. The van der Waals surface area contributed by atoms with Crippen LogP contribution in [-0.4, -0.2) is 19.5 Å². The summed E-state index contributed by atoms with van der Waals surface area (Å²) in [6.07, 6.45) is 3.34. The number of pyridine rings is 1. The summed E-state index contributed by atoms with van der Waals surface area (Å²) in [4.78, 5) is 12.8. The van der Waals surface area contributed by atoms with Gasteiger partial charge in [-0.1, -0.05) is 41.9 Å². The molecule has 2 aromatic heterocycles. The highest BCUT2D eigenvalue weighted by atomic mass is 35.5. The Labute approximate surface area is 144 Å². The molecule has 0 aliphatic rings. The number of nitrogens with zero attached hydrogens (tertiary/aromatic N) is 4. The van der Waals surface area contributed by atoms with Crippen LogP contribution in [0.25, 0.3) is 0 Å². The van der Waals surface area contributed by atoms with Gasteiger partial charge in [0, 0.05) is 12.7 Å². The van der Waals surface area contributed by atoms with E-state index in [1.165, 1.54) is 0 Å². The fourth-order valence-electron chi connectivity index (χ4n) is 2.02. The van der Waals surface area contributed by atoms with E-state index in [9.17, 15) is 0 Å². The molecular formula is C16H14ClN5S. The third kappa shape index (κ3) is 4.12. The number of halogens is 1. The maximum atomic E-state index is 6.11. The van der Waals surface area contributed by atoms with Crippen LogP contribution in [0.5, 0.6) is 0 Å². The Morgan fingerprint density at radius 1 is 1.09 bits per heavy atom. The molecule has 0 aliphatic carbocycles. The van der Waals surface area contributed by atoms with Crippen LogP contribution in [0.15, 0.2) is 55.0 Å². The molecule has 3 aromatic rings. The molecule has 0 bridgehead atoms. The third-order valence-corrected chi connectivity index (χ3v) is 3.88. The van der Waals surface area contributed by atoms with E-state index in [2.05, 4.69) is 20.3 Å². The predicted molar refractivity (Wildman–Crippen MR) is 93.0 cm³/mol. The molecule has 116 valence electrons. The van der Waals surface area contributed by atoms with Gasteiger partial charge in [-0.2, -0.15) is 4.98 Å². The normalized spacial score (nSPS) is 10.5. The molecule has 0 amide bonds. The van der Waals surface area contributed by atoms with Gasteiger partial charge in [0.2, 0.25) is 10.7 Å². The first-order valence-electron chi connectivity index (χ1n) is 7.03. The van der Waals surface area contributed by atoms with E-state index in [-0.39, 0.29) is 0 Å². The minimum absolute atomic E-state index is 0.428. The van der Waals surface area contributed by atoms with Gasteiger partial charge in [0.25, 0.3) is 0 Å². The van der Waals surface area contributed by atoms with Gasteiger partial charge in [-0.05, 0) is 29.9 Å². The molecule has 1 N–H and O–H groups in total. The highest BCUT2D eigenvalue weighted by molar-refractivity contribution is 7.71. The van der Waals surface area contributed by atoms with Crippen LogP contribution in [0.3, 0.4) is 0 Å². The van der Waals surface area contributed by atoms with Crippen molar-refractivity contribution < 1.29 is 0 Å². The zero-order chi connectivity index (χ0) is 16.1. The molecule has 0 atom stereocenters. The lowest BCUT2D eigenvalue weighted by Crippen LogP contribution is -2.10. The van der Waals surface area contributed by atoms with E-state index in [1.54, 1.807) is 29.2 Å². The van der Waals surface area contributed by atoms with E-state index < -0.39 is 0 Å². The first-order valence-corrected chi connectivity index (χ1v) is 7.81. The van der Waals surface area contributed by atoms with Gasteiger partial charge in [0.15, 0.2) is 0 Å². The minimum atomic E-state index is 0.428. The van der Waals surface area contributed by atoms with Crippen molar-refractivity contribution in [2.24, 2.45) is 0 Å². The monoisotopic (exact) mass is 343 g/mol. The largest absolute Gasteiger partial charge is 0.350 e. The molecule has 1 aromatic carbocycles. The first-order chi connectivity index (χ1) is 11.2. The summed E-state index contributed by atoms with van der Waals surface area (Å²) in [6, 6.07) is 13.6. The van der Waals surface area contributed by atoms with Crippen molar-refractivity contribution in [3.8, 4) is 0 Å². The quantitative estimate of drug-likeness (QED) is 0.715. The van der Waals surface area contributed by atoms with Crippen LogP contribution in [0, 0.1) is 4.77 Å². The van der Waals surface area contributed by atoms with Crippen molar-refractivity contribution in [3.05, 3.63) is 76.0 Å². The summed E-state index contributed by atoms with van der Waals surface area (Å²) < 4.78 is 2.16. The van der Waals surface area contributed by atoms with E-state index in [0.29, 0.717) is 28.8 Å². The van der Waals surface area contributed by atoms with Crippen LogP contribution in [-0.2, 0) is 13.1 Å². The number of anilines is 1. The van der Waals surface area contributed by atoms with Crippen LogP contribution in [0.2, 0.25) is 5.02 Å². The van der Waals surface area contributed by atoms with E-state index in [0.717, 1.165) is 11.3 Å². The Balaban J connectivity index is 1.71. The van der Waals surface area contributed by atoms with Gasteiger partial charge >= 0.3 is 0 Å². The van der Waals surface area contributed by atoms with Gasteiger partial charge in [-0.25, -0.2) is 4.98 Å². The number of hydrogen-bond acceptors (Lipinski definition) is 5. The van der Waals surface area contributed by atoms with Gasteiger partial charge < -0.3 is 9.88 Å². The lowest BCUT2D eigenvalue weighted by molar-refractivity contribution is 0.708. The fraction of sp³-hybridized carbons (Fsp3) is 0.125. The predicted octanol–water partition coefficient (Wildman–Crippen LogP) is 3.72. The first kappa shape index (κ1) is 15.6. The lowest BCUT2D eigenvalue weighted by atomic mass is 10.2. The van der Waals surface area contributed by atoms with Crippen molar-refractivity contribution in [3.63, 3.8) is 0 Å². The molecule has 0 aliphatic heterocycles. The molecule has 2 heterocycles. The zero-order valence-electron chi connectivity index (χ0n) is 12.2. The Hall–Kier alpha value is -2.31. The minimum Gasteiger partial charge on any atom is -0.350 e. The number of rotatable bonds is 5. The van der Waals surface area contributed by atoms with E-state index in [1.807, 2.05) is 30.3 Å². The summed E-state index contributed by atoms with van der Waals surface area (Å²) >= 11 is 11.4. The smallest absolute Gasteiger partial charge is 0.227 e. The maximum Gasteiger partial charge on any atom is 0.227 e. The van der Waals surface area contributed by atoms with Crippen LogP contribution < -0.4 is 5.32 Å². The van der Waals surface area contributed by atoms with Crippen LogP contribution in [0.1, 0.15) is 11.3 Å². The van der Waals surface area contributed by atoms with Crippen molar-refractivity contribution in [1.82, 2.24) is 19.5 Å². The van der Waals surface area contributed by atoms with Gasteiger partial charge in [0.05, 0.1) is 17.3 Å². The molecule has 5 nitrogen and oxygen atoms in total. The number of aromatic nitrogens is 4. The van der Waals surface area contributed by atoms with Crippen molar-refractivity contribution >= 4 is 29.8 Å². The number of hydrogen-bond donors (Lipinski definition) is 1. The summed E-state index contributed by atoms with van der Waals surface area (Å²) in [5.41, 5.74) is 1.89. The van der Waals surface area contributed by atoms with E-state index in [4.69, 9.17) is 23.8 Å². The van der Waals surface area contributed by atoms with Crippen molar-refractivity contribution in [2.75, 3.05) is 5.32 Å². The molecule has 7 heteroatoms. The molecule has 0 fully saturated rings. The Morgan fingerprint density at radius 3 is 2.65 bits per heavy atom. The second kappa shape index (κ2) is 7.30. The maximum absolute atomic E-state index is 6.11. The highest BCUT2D eigenvalue weighted by Crippen LogP contribution is 2.13. The molecule has 0 spiro atoms. The van der Waals surface area contributed by atoms with Gasteiger partial charge in [-0.15, -0.1) is 0 Å². The number of nitrogens with one attached hydrogen (secondary N) is 1. The zero-order valence-corrected chi connectivity index (χ0v) is 13.8. The Kier molecular flexibility index (Phi) is 4.95. The van der Waals surface area contributed by atoms with Crippen LogP contribution in [0.4, 0.5) is 5.95 Å². The molecule has 23 heavy (non-hydrogen) atoms. The van der Waals surface area contributed by atoms with Gasteiger partial charge in [0.1, 0.15) is 6.33 Å². The summed E-state index contributed by atoms with van der Waals surface area (Å²) in [7, 11) is 0. The molecule has 3 rings (SSSR count). The molecule has 0 radical (unpaired) electrons. The van der Waals surface area contributed by atoms with Crippen molar-refractivity contribution in [2.45, 2.75) is 13.1 Å². The van der Waals surface area contributed by atoms with Crippen LogP contribution >= 0.6 is 23.8 Å². The summed E-state index contributed by atoms with van der Waals surface area (Å²) in [5.74, 6) is 0.502. The topological polar surface area (TPSA) is 55.6 Å². The Bertz CT molecular complexity index is 850. The average Bonchev–Trinajstić information content (AvgIpc) is 2.58. The number of benzene rings is 1. The average molecular weight is 344 g/mol. The SMILES string of the molecule is S=c1nc(NCc2ccccc2)ncn1Cc1ncccc1Cl. The second-order valence-electron chi connectivity index (χ2n) is 4.86. The second-order valence-corrected chi connectivity index (χ2v) is 5.63. The fourth-order valence-corrected chi connectivity index (χ4v) is 2.40. The lowest BCUT2D eigenvalue weighted by Gasteiger charge is -2.09. The Morgan fingerprint density at radius 2 is 1.91 bits per heavy atom. The molecule has 0 unspecified atom stereocenters. The van der Waals surface area contributed by atoms with Crippen molar-refractivity contribution in [1.29, 1.82) is 0 Å².